The monoisotopic (exact) mass is 577 g/mol. The predicted octanol–water partition coefficient (Wildman–Crippen LogP) is 12.3. The van der Waals surface area contributed by atoms with E-state index in [1.165, 1.54) is 11.1 Å². The van der Waals surface area contributed by atoms with Crippen LogP contribution in [0.1, 0.15) is 0 Å². The van der Waals surface area contributed by atoms with Crippen LogP contribution in [0.3, 0.4) is 0 Å². The Balaban J connectivity index is 1.32. The third-order valence-corrected chi connectivity index (χ3v) is 8.69. The molecular formula is C42H27NO2. The lowest BCUT2D eigenvalue weighted by Crippen LogP contribution is -2.11. The van der Waals surface area contributed by atoms with Gasteiger partial charge in [-0.25, -0.2) is 0 Å². The standard InChI is InChI=1S/C42H27NO2/c1-2-12-28(13-3-1)29-24-26-30(27-25-29)43(37-20-11-23-40-41(37)35-16-6-9-22-39(35)44-40)36-19-7-4-14-31(36)33-17-10-18-34-32-15-5-8-21-38(32)45-42(33)34/h1-27H. The molecule has 0 saturated carbocycles. The third-order valence-electron chi connectivity index (χ3n) is 8.69. The van der Waals surface area contributed by atoms with Gasteiger partial charge in [0.25, 0.3) is 0 Å². The van der Waals surface area contributed by atoms with Crippen molar-refractivity contribution in [3.05, 3.63) is 164 Å². The summed E-state index contributed by atoms with van der Waals surface area (Å²) in [7, 11) is 0. The largest absolute Gasteiger partial charge is 0.456 e. The molecule has 0 atom stereocenters. The Morgan fingerprint density at radius 3 is 1.78 bits per heavy atom. The number of benzene rings is 7. The Labute approximate surface area is 260 Å². The summed E-state index contributed by atoms with van der Waals surface area (Å²) in [6, 6.07) is 57.2. The molecule has 2 heterocycles. The predicted molar refractivity (Wildman–Crippen MR) is 187 cm³/mol. The molecule has 3 nitrogen and oxygen atoms in total. The van der Waals surface area contributed by atoms with E-state index in [2.05, 4.69) is 144 Å². The maximum atomic E-state index is 6.53. The molecule has 0 aliphatic rings. The van der Waals surface area contributed by atoms with Crippen molar-refractivity contribution in [1.29, 1.82) is 0 Å². The second kappa shape index (κ2) is 10.3. The summed E-state index contributed by atoms with van der Waals surface area (Å²) in [6.07, 6.45) is 0. The van der Waals surface area contributed by atoms with Crippen LogP contribution >= 0.6 is 0 Å². The van der Waals surface area contributed by atoms with Gasteiger partial charge in [-0.15, -0.1) is 0 Å². The van der Waals surface area contributed by atoms with Gasteiger partial charge < -0.3 is 13.7 Å². The fourth-order valence-corrected chi connectivity index (χ4v) is 6.64. The smallest absolute Gasteiger partial charge is 0.143 e. The Kier molecular flexibility index (Phi) is 5.82. The van der Waals surface area contributed by atoms with E-state index in [9.17, 15) is 0 Å². The van der Waals surface area contributed by atoms with Gasteiger partial charge in [-0.2, -0.15) is 0 Å². The topological polar surface area (TPSA) is 29.5 Å². The van der Waals surface area contributed by atoms with Crippen molar-refractivity contribution in [3.63, 3.8) is 0 Å². The first kappa shape index (κ1) is 25.4. The molecular weight excluding hydrogens is 550 g/mol. The summed E-state index contributed by atoms with van der Waals surface area (Å²) in [4.78, 5) is 2.36. The summed E-state index contributed by atoms with van der Waals surface area (Å²) in [5.74, 6) is 0. The van der Waals surface area contributed by atoms with Crippen molar-refractivity contribution >= 4 is 60.9 Å². The zero-order valence-corrected chi connectivity index (χ0v) is 24.4. The molecule has 0 bridgehead atoms. The second-order valence-electron chi connectivity index (χ2n) is 11.3. The highest BCUT2D eigenvalue weighted by Gasteiger charge is 2.23. The van der Waals surface area contributed by atoms with Gasteiger partial charge in [-0.1, -0.05) is 121 Å². The van der Waals surface area contributed by atoms with Gasteiger partial charge in [0.15, 0.2) is 0 Å². The van der Waals surface area contributed by atoms with E-state index >= 15 is 0 Å². The van der Waals surface area contributed by atoms with Crippen molar-refractivity contribution in [2.24, 2.45) is 0 Å². The first-order chi connectivity index (χ1) is 22.3. The molecule has 2 aromatic heterocycles. The normalized spacial score (nSPS) is 11.6. The summed E-state index contributed by atoms with van der Waals surface area (Å²) in [5.41, 5.74) is 11.2. The lowest BCUT2D eigenvalue weighted by atomic mass is 9.98. The number of rotatable bonds is 5. The Hall–Kier alpha value is -6.06. The fraction of sp³-hybridized carbons (Fsp3) is 0. The number of anilines is 3. The molecule has 3 heteroatoms. The first-order valence-electron chi connectivity index (χ1n) is 15.2. The maximum absolute atomic E-state index is 6.53. The van der Waals surface area contributed by atoms with Crippen molar-refractivity contribution < 1.29 is 8.83 Å². The second-order valence-corrected chi connectivity index (χ2v) is 11.3. The minimum atomic E-state index is 0.858. The molecule has 9 rings (SSSR count). The minimum Gasteiger partial charge on any atom is -0.456 e. The van der Waals surface area contributed by atoms with Crippen LogP contribution in [0, 0.1) is 0 Å². The minimum absolute atomic E-state index is 0.858. The van der Waals surface area contributed by atoms with Crippen molar-refractivity contribution in [1.82, 2.24) is 0 Å². The van der Waals surface area contributed by atoms with Crippen LogP contribution in [0.2, 0.25) is 0 Å². The van der Waals surface area contributed by atoms with E-state index in [-0.39, 0.29) is 0 Å². The number of hydrogen-bond acceptors (Lipinski definition) is 3. The molecule has 7 aromatic carbocycles. The van der Waals surface area contributed by atoms with Gasteiger partial charge in [0.1, 0.15) is 22.3 Å². The van der Waals surface area contributed by atoms with Crippen LogP contribution in [0.4, 0.5) is 17.1 Å². The first-order valence-corrected chi connectivity index (χ1v) is 15.2. The van der Waals surface area contributed by atoms with Crippen LogP contribution in [-0.4, -0.2) is 0 Å². The van der Waals surface area contributed by atoms with Gasteiger partial charge in [0, 0.05) is 33.0 Å². The SMILES string of the molecule is c1ccc(-c2ccc(N(c3ccccc3-c3cccc4c3oc3ccccc34)c3cccc4oc5ccccc5c34)cc2)cc1. The van der Waals surface area contributed by atoms with Crippen LogP contribution in [0.5, 0.6) is 0 Å². The quantitative estimate of drug-likeness (QED) is 0.204. The Morgan fingerprint density at radius 1 is 0.356 bits per heavy atom. The van der Waals surface area contributed by atoms with Gasteiger partial charge in [-0.3, -0.25) is 0 Å². The molecule has 0 fully saturated rings. The molecule has 45 heavy (non-hydrogen) atoms. The molecule has 0 saturated heterocycles. The van der Waals surface area contributed by atoms with E-state index < -0.39 is 0 Å². The van der Waals surface area contributed by atoms with Crippen molar-refractivity contribution in [3.8, 4) is 22.3 Å². The van der Waals surface area contributed by atoms with Crippen LogP contribution in [-0.2, 0) is 0 Å². The molecule has 0 aliphatic heterocycles. The van der Waals surface area contributed by atoms with E-state index in [0.717, 1.165) is 72.1 Å². The number of furan rings is 2. The van der Waals surface area contributed by atoms with Gasteiger partial charge >= 0.3 is 0 Å². The molecule has 9 aromatic rings. The average molecular weight is 578 g/mol. The molecule has 0 amide bonds. The molecule has 0 spiro atoms. The molecule has 0 unspecified atom stereocenters. The Morgan fingerprint density at radius 2 is 0.933 bits per heavy atom. The van der Waals surface area contributed by atoms with Gasteiger partial charge in [0.2, 0.25) is 0 Å². The fourth-order valence-electron chi connectivity index (χ4n) is 6.64. The molecule has 212 valence electrons. The third kappa shape index (κ3) is 4.13. The zero-order chi connectivity index (χ0) is 29.7. The van der Waals surface area contributed by atoms with Crippen molar-refractivity contribution in [2.45, 2.75) is 0 Å². The summed E-state index contributed by atoms with van der Waals surface area (Å²) < 4.78 is 12.9. The summed E-state index contributed by atoms with van der Waals surface area (Å²) >= 11 is 0. The number of fused-ring (bicyclic) bond motifs is 6. The highest BCUT2D eigenvalue weighted by molar-refractivity contribution is 6.15. The molecule has 0 aliphatic carbocycles. The lowest BCUT2D eigenvalue weighted by molar-refractivity contribution is 0.669. The van der Waals surface area contributed by atoms with E-state index in [1.54, 1.807) is 0 Å². The highest BCUT2D eigenvalue weighted by Crippen LogP contribution is 2.47. The number of para-hydroxylation sites is 4. The molecule has 0 radical (unpaired) electrons. The number of hydrogen-bond donors (Lipinski definition) is 0. The maximum Gasteiger partial charge on any atom is 0.143 e. The van der Waals surface area contributed by atoms with E-state index in [1.807, 2.05) is 24.3 Å². The average Bonchev–Trinajstić information content (AvgIpc) is 3.68. The summed E-state index contributed by atoms with van der Waals surface area (Å²) in [5, 5.41) is 4.40. The number of nitrogens with zero attached hydrogens (tertiary/aromatic N) is 1. The van der Waals surface area contributed by atoms with E-state index in [0.29, 0.717) is 0 Å². The summed E-state index contributed by atoms with van der Waals surface area (Å²) in [6.45, 7) is 0. The Bertz CT molecular complexity index is 2490. The van der Waals surface area contributed by atoms with Crippen LogP contribution in [0.25, 0.3) is 66.1 Å². The van der Waals surface area contributed by atoms with Gasteiger partial charge in [-0.05, 0) is 53.6 Å². The molecule has 0 N–H and O–H groups in total. The highest BCUT2D eigenvalue weighted by atomic mass is 16.3. The van der Waals surface area contributed by atoms with Gasteiger partial charge in [0.05, 0.1) is 16.8 Å². The van der Waals surface area contributed by atoms with Crippen molar-refractivity contribution in [2.75, 3.05) is 4.90 Å². The zero-order valence-electron chi connectivity index (χ0n) is 24.4. The van der Waals surface area contributed by atoms with Crippen LogP contribution < -0.4 is 4.90 Å². The lowest BCUT2D eigenvalue weighted by Gasteiger charge is -2.28. The van der Waals surface area contributed by atoms with E-state index in [4.69, 9.17) is 8.83 Å². The van der Waals surface area contributed by atoms with Crippen LogP contribution in [0.15, 0.2) is 173 Å².